The normalized spacial score (nSPS) is 15.4. The number of phosphoric acid groups is 1. The SMILES string of the molecule is CC(C)(C)c1cc(CCC(Cc2cc(C(C)(C)C)c(O)c(C(C)(C)C)c2)OP(=O)(O)OC(CCc2cc(C(C)(C)C)c(O)c(C(C)(C)C)c2)Cc2cc(C(C)(C)C)c(O)c(C(C)(C)C)c2)cc(C(C)(C)C)c1O. The van der Waals surface area contributed by atoms with Gasteiger partial charge in [0.05, 0.1) is 12.2 Å². The summed E-state index contributed by atoms with van der Waals surface area (Å²) in [4.78, 5) is 12.3. The van der Waals surface area contributed by atoms with Gasteiger partial charge < -0.3 is 25.3 Å². The molecule has 2 atom stereocenters. The van der Waals surface area contributed by atoms with Crippen molar-refractivity contribution in [2.45, 2.75) is 260 Å². The molecule has 0 aliphatic heterocycles. The molecule has 0 aliphatic rings. The number of phenols is 4. The van der Waals surface area contributed by atoms with Crippen LogP contribution in [0.15, 0.2) is 48.5 Å². The lowest BCUT2D eigenvalue weighted by molar-refractivity contribution is 0.0676. The average molecular weight is 1030 g/mol. The largest absolute Gasteiger partial charge is 0.507 e. The van der Waals surface area contributed by atoms with Gasteiger partial charge in [-0.2, -0.15) is 0 Å². The number of aromatic hydroxyl groups is 4. The lowest BCUT2D eigenvalue weighted by Crippen LogP contribution is -2.23. The molecule has 0 fully saturated rings. The van der Waals surface area contributed by atoms with Crippen LogP contribution < -0.4 is 0 Å². The van der Waals surface area contributed by atoms with Crippen molar-refractivity contribution in [3.05, 3.63) is 115 Å². The summed E-state index contributed by atoms with van der Waals surface area (Å²) in [6.07, 6.45) is 0.609. The first-order valence-corrected chi connectivity index (χ1v) is 28.3. The molecule has 2 unspecified atom stereocenters. The molecule has 0 heterocycles. The number of phenolic OH excluding ortho intramolecular Hbond substituents is 4. The van der Waals surface area contributed by atoms with Crippen molar-refractivity contribution in [1.82, 2.24) is 0 Å². The Morgan fingerprint density at radius 2 is 0.507 bits per heavy atom. The molecule has 0 aromatic heterocycles. The van der Waals surface area contributed by atoms with Crippen molar-refractivity contribution < 1.29 is 38.9 Å². The van der Waals surface area contributed by atoms with Gasteiger partial charge in [-0.3, -0.25) is 9.05 Å². The third-order valence-electron chi connectivity index (χ3n) is 14.1. The van der Waals surface area contributed by atoms with E-state index in [1.54, 1.807) is 0 Å². The first-order valence-electron chi connectivity index (χ1n) is 26.8. The van der Waals surface area contributed by atoms with E-state index in [0.29, 0.717) is 37.2 Å². The van der Waals surface area contributed by atoms with E-state index in [4.69, 9.17) is 9.05 Å². The molecule has 4 rings (SSSR count). The summed E-state index contributed by atoms with van der Waals surface area (Å²) in [6, 6.07) is 16.2. The topological polar surface area (TPSA) is 137 Å². The summed E-state index contributed by atoms with van der Waals surface area (Å²) in [7, 11) is -4.86. The van der Waals surface area contributed by atoms with Crippen LogP contribution in [-0.2, 0) is 82.6 Å². The van der Waals surface area contributed by atoms with Gasteiger partial charge in [-0.05, 0) is 149 Å². The minimum Gasteiger partial charge on any atom is -0.507 e. The first kappa shape index (κ1) is 61.7. The lowest BCUT2D eigenvalue weighted by Gasteiger charge is -2.31. The van der Waals surface area contributed by atoms with E-state index in [9.17, 15) is 25.3 Å². The zero-order chi connectivity index (χ0) is 56.2. The van der Waals surface area contributed by atoms with Crippen LogP contribution in [0.2, 0.25) is 0 Å². The van der Waals surface area contributed by atoms with Gasteiger partial charge in [0.15, 0.2) is 0 Å². The maximum absolute atomic E-state index is 15.0. The molecule has 9 heteroatoms. The summed E-state index contributed by atoms with van der Waals surface area (Å²) >= 11 is 0. The highest BCUT2D eigenvalue weighted by Crippen LogP contribution is 2.50. The highest BCUT2D eigenvalue weighted by Gasteiger charge is 2.36. The molecule has 0 amide bonds. The zero-order valence-corrected chi connectivity index (χ0v) is 50.8. The summed E-state index contributed by atoms with van der Waals surface area (Å²) in [5.74, 6) is 1.09. The first-order chi connectivity index (χ1) is 32.6. The van der Waals surface area contributed by atoms with Crippen LogP contribution in [0.5, 0.6) is 23.0 Å². The number of hydrogen-bond donors (Lipinski definition) is 5. The number of benzene rings is 4. The molecule has 0 saturated carbocycles. The molecule has 0 bridgehead atoms. The van der Waals surface area contributed by atoms with Crippen molar-refractivity contribution >= 4 is 7.82 Å². The third kappa shape index (κ3) is 16.1. The summed E-state index contributed by atoms with van der Waals surface area (Å²) in [5, 5.41) is 46.6. The number of hydrogen-bond acceptors (Lipinski definition) is 7. The van der Waals surface area contributed by atoms with Crippen molar-refractivity contribution in [3.63, 3.8) is 0 Å². The van der Waals surface area contributed by atoms with Gasteiger partial charge in [0.25, 0.3) is 0 Å². The summed E-state index contributed by atoms with van der Waals surface area (Å²) in [5.41, 5.74) is 7.24. The van der Waals surface area contributed by atoms with E-state index in [1.165, 1.54) is 0 Å². The molecule has 4 aromatic carbocycles. The second kappa shape index (κ2) is 21.3. The Hall–Kier alpha value is -3.81. The second-order valence-electron chi connectivity index (χ2n) is 29.6. The van der Waals surface area contributed by atoms with Crippen LogP contribution in [0.1, 0.15) is 246 Å². The van der Waals surface area contributed by atoms with E-state index in [-0.39, 0.29) is 46.0 Å². The Kier molecular flexibility index (Phi) is 18.0. The highest BCUT2D eigenvalue weighted by molar-refractivity contribution is 7.47. The fraction of sp³-hybridized carbons (Fsp3) is 0.625. The van der Waals surface area contributed by atoms with Gasteiger partial charge in [-0.15, -0.1) is 0 Å². The second-order valence-corrected chi connectivity index (χ2v) is 30.9. The molecule has 5 N–H and O–H groups in total. The highest BCUT2D eigenvalue weighted by atomic mass is 31.2. The average Bonchev–Trinajstić information content (AvgIpc) is 3.17. The molecule has 0 saturated heterocycles. The molecular weight excluding hydrogens is 928 g/mol. The van der Waals surface area contributed by atoms with E-state index >= 15 is 4.57 Å². The number of phosphoric ester groups is 1. The van der Waals surface area contributed by atoms with Crippen LogP contribution in [-0.4, -0.2) is 37.5 Å². The molecule has 4 aromatic rings. The van der Waals surface area contributed by atoms with Gasteiger partial charge in [0.1, 0.15) is 23.0 Å². The van der Waals surface area contributed by atoms with Crippen LogP contribution in [0.4, 0.5) is 0 Å². The van der Waals surface area contributed by atoms with Crippen molar-refractivity contribution in [1.29, 1.82) is 0 Å². The van der Waals surface area contributed by atoms with E-state index < -0.39 is 41.7 Å². The quantitative estimate of drug-likeness (QED) is 0.0788. The van der Waals surface area contributed by atoms with Gasteiger partial charge in [0, 0.05) is 0 Å². The van der Waals surface area contributed by atoms with Gasteiger partial charge in [0.2, 0.25) is 0 Å². The zero-order valence-electron chi connectivity index (χ0n) is 49.9. The van der Waals surface area contributed by atoms with E-state index in [0.717, 1.165) is 66.8 Å². The summed E-state index contributed by atoms with van der Waals surface area (Å²) in [6.45, 7) is 49.9. The molecule has 73 heavy (non-hydrogen) atoms. The predicted molar refractivity (Wildman–Crippen MR) is 306 cm³/mol. The predicted octanol–water partition coefficient (Wildman–Crippen LogP) is 16.8. The molecule has 8 nitrogen and oxygen atoms in total. The Morgan fingerprint density at radius 1 is 0.342 bits per heavy atom. The maximum Gasteiger partial charge on any atom is 0.472 e. The van der Waals surface area contributed by atoms with Crippen LogP contribution in [0, 0.1) is 0 Å². The number of aryl methyl sites for hydroxylation is 2. The molecule has 0 aliphatic carbocycles. The van der Waals surface area contributed by atoms with Crippen molar-refractivity contribution in [2.75, 3.05) is 0 Å². The molecule has 408 valence electrons. The van der Waals surface area contributed by atoms with Crippen LogP contribution >= 0.6 is 7.82 Å². The number of rotatable bonds is 14. The van der Waals surface area contributed by atoms with E-state index in [1.807, 2.05) is 24.3 Å². The fourth-order valence-corrected chi connectivity index (χ4v) is 11.0. The molecule has 0 radical (unpaired) electrons. The van der Waals surface area contributed by atoms with Crippen molar-refractivity contribution in [2.24, 2.45) is 0 Å². The van der Waals surface area contributed by atoms with Gasteiger partial charge in [-0.1, -0.05) is 215 Å². The fourth-order valence-electron chi connectivity index (χ4n) is 9.84. The standard InChI is InChI=1S/C64H99O8P/c1-57(2,3)45-31-39(32-46(53(45)65)58(4,5)6)25-27-43(29-41-35-49(61(13,14)15)55(67)50(36-41)62(16,17)18)71-73(69,70)72-44(30-42-37-51(63(19,20)21)56(68)52(38-42)64(22,23)24)28-26-40-33-47(59(7,8)9)54(66)48(34-40)60(10,11)12/h31-38,43-44,65-68H,25-30H2,1-24H3,(H,69,70). The molecular formula is C64H99O8P. The minimum atomic E-state index is -4.86. The molecule has 0 spiro atoms. The van der Waals surface area contributed by atoms with Crippen LogP contribution in [0.25, 0.3) is 0 Å². The maximum atomic E-state index is 15.0. The Balaban J connectivity index is 1.92. The minimum absolute atomic E-state index is 0.255. The smallest absolute Gasteiger partial charge is 0.472 e. The van der Waals surface area contributed by atoms with Crippen LogP contribution in [0.3, 0.4) is 0 Å². The van der Waals surface area contributed by atoms with Crippen molar-refractivity contribution in [3.8, 4) is 23.0 Å². The monoisotopic (exact) mass is 1030 g/mol. The van der Waals surface area contributed by atoms with Gasteiger partial charge in [-0.25, -0.2) is 4.57 Å². The Bertz CT molecular complexity index is 2310. The van der Waals surface area contributed by atoms with Gasteiger partial charge >= 0.3 is 7.82 Å². The summed E-state index contributed by atoms with van der Waals surface area (Å²) < 4.78 is 28.1. The lowest BCUT2D eigenvalue weighted by atomic mass is 9.77. The Labute approximate surface area is 443 Å². The third-order valence-corrected chi connectivity index (χ3v) is 15.3. The van der Waals surface area contributed by atoms with E-state index in [2.05, 4.69) is 190 Å². The Morgan fingerprint density at radius 3 is 0.671 bits per heavy atom.